The molecule has 1 aromatic carbocycles. The number of benzene rings is 1. The third-order valence-corrected chi connectivity index (χ3v) is 2.05. The van der Waals surface area contributed by atoms with Crippen molar-refractivity contribution in [2.45, 2.75) is 12.7 Å². The summed E-state index contributed by atoms with van der Waals surface area (Å²) in [7, 11) is 0. The first-order valence-corrected chi connectivity index (χ1v) is 4.59. The van der Waals surface area contributed by atoms with Gasteiger partial charge < -0.3 is 20.1 Å². The number of aliphatic carboxylic acids is 1. The molecule has 0 aliphatic heterocycles. The number of carbonyl (C=O) groups excluding carboxylic acids is 3. The summed E-state index contributed by atoms with van der Waals surface area (Å²) in [5, 5.41) is 27.1. The van der Waals surface area contributed by atoms with E-state index in [-0.39, 0.29) is 40.7 Å². The summed E-state index contributed by atoms with van der Waals surface area (Å²) in [5.74, 6) is -5.84. The molecule has 18 heavy (non-hydrogen) atoms. The zero-order valence-corrected chi connectivity index (χ0v) is 11.8. The van der Waals surface area contributed by atoms with E-state index in [1.165, 1.54) is 12.1 Å². The van der Waals surface area contributed by atoms with Crippen LogP contribution in [0.1, 0.15) is 27.6 Å². The third kappa shape index (κ3) is 3.24. The Balaban J connectivity index is 0.000000512. The van der Waals surface area contributed by atoms with Gasteiger partial charge in [-0.1, -0.05) is 24.3 Å². The minimum Gasteiger partial charge on any atom is -0.550 e. The molecule has 2 rings (SSSR count). The maximum absolute atomic E-state index is 11.2. The zero-order valence-electron chi connectivity index (χ0n) is 9.84. The molecule has 1 aromatic rings. The monoisotopic (exact) mass is 260 g/mol. The zero-order chi connectivity index (χ0) is 13.2. The van der Waals surface area contributed by atoms with Gasteiger partial charge in [0.05, 0.1) is 0 Å². The molecule has 2 N–H and O–H groups in total. The summed E-state index contributed by atoms with van der Waals surface area (Å²) in [6.45, 7) is 0.972. The molecule has 0 heterocycles. The maximum Gasteiger partial charge on any atom is 1.00 e. The van der Waals surface area contributed by atoms with Gasteiger partial charge in [0, 0.05) is 17.1 Å². The topological polar surface area (TPSA) is 115 Å². The van der Waals surface area contributed by atoms with Crippen molar-refractivity contribution in [3.8, 4) is 0 Å². The van der Waals surface area contributed by atoms with E-state index in [4.69, 9.17) is 20.1 Å². The second-order valence-electron chi connectivity index (χ2n) is 3.37. The number of hydrogen-bond acceptors (Lipinski definition) is 6. The van der Waals surface area contributed by atoms with Crippen LogP contribution in [0.5, 0.6) is 0 Å². The largest absolute Gasteiger partial charge is 1.00 e. The van der Waals surface area contributed by atoms with Crippen molar-refractivity contribution in [3.63, 3.8) is 0 Å². The Hall–Kier alpha value is -1.05. The van der Waals surface area contributed by atoms with E-state index in [1.54, 1.807) is 12.1 Å². The predicted molar refractivity (Wildman–Crippen MR) is 53.0 cm³/mol. The van der Waals surface area contributed by atoms with E-state index < -0.39 is 23.3 Å². The van der Waals surface area contributed by atoms with Crippen molar-refractivity contribution < 1.29 is 59.3 Å². The minimum atomic E-state index is -2.86. The van der Waals surface area contributed by atoms with Gasteiger partial charge in [-0.15, -0.1) is 0 Å². The van der Waals surface area contributed by atoms with Crippen molar-refractivity contribution in [2.75, 3.05) is 0 Å². The van der Waals surface area contributed by atoms with Gasteiger partial charge in [-0.3, -0.25) is 9.59 Å². The predicted octanol–water partition coefficient (Wildman–Crippen LogP) is -4.49. The van der Waals surface area contributed by atoms with Gasteiger partial charge in [0.25, 0.3) is 5.79 Å². The summed E-state index contributed by atoms with van der Waals surface area (Å²) < 4.78 is 0. The molecule has 0 atom stereocenters. The molecule has 6 nitrogen and oxygen atoms in total. The van der Waals surface area contributed by atoms with Gasteiger partial charge in [0.1, 0.15) is 0 Å². The molecule has 1 aliphatic rings. The van der Waals surface area contributed by atoms with Gasteiger partial charge >= 0.3 is 29.6 Å². The van der Waals surface area contributed by atoms with E-state index >= 15 is 0 Å². The average Bonchev–Trinajstić information content (AvgIpc) is 2.41. The summed E-state index contributed by atoms with van der Waals surface area (Å²) in [6, 6.07) is 5.91. The first kappa shape index (κ1) is 16.9. The van der Waals surface area contributed by atoms with Gasteiger partial charge in [0.15, 0.2) is 0 Å². The first-order valence-electron chi connectivity index (χ1n) is 4.59. The quantitative estimate of drug-likeness (QED) is 0.276. The van der Waals surface area contributed by atoms with Crippen LogP contribution in [0, 0.1) is 0 Å². The van der Waals surface area contributed by atoms with Crippen LogP contribution in [0.15, 0.2) is 24.3 Å². The second kappa shape index (κ2) is 6.21. The summed E-state index contributed by atoms with van der Waals surface area (Å²) in [5.41, 5.74) is 0.134. The molecule has 1 aliphatic carbocycles. The normalized spacial score (nSPS) is 15.1. The van der Waals surface area contributed by atoms with E-state index in [0.717, 1.165) is 6.92 Å². The maximum atomic E-state index is 11.2. The fraction of sp³-hybridized carbons (Fsp3) is 0.182. The molecule has 0 unspecified atom stereocenters. The van der Waals surface area contributed by atoms with E-state index in [0.29, 0.717) is 0 Å². The van der Waals surface area contributed by atoms with Gasteiger partial charge in [-0.2, -0.15) is 0 Å². The van der Waals surface area contributed by atoms with Crippen LogP contribution in [-0.2, 0) is 4.79 Å². The summed E-state index contributed by atoms with van der Waals surface area (Å²) in [6.07, 6.45) is 0. The van der Waals surface area contributed by atoms with Crippen molar-refractivity contribution in [1.82, 2.24) is 0 Å². The van der Waals surface area contributed by atoms with E-state index in [9.17, 15) is 9.59 Å². The second-order valence-corrected chi connectivity index (χ2v) is 3.37. The van der Waals surface area contributed by atoms with Crippen molar-refractivity contribution >= 4 is 17.5 Å². The number of carboxylic acid groups (broad SMARTS) is 1. The number of aliphatic hydroxyl groups is 2. The van der Waals surface area contributed by atoms with Crippen molar-refractivity contribution in [3.05, 3.63) is 35.4 Å². The molecule has 0 saturated carbocycles. The molecule has 0 radical (unpaired) electrons. The van der Waals surface area contributed by atoms with Crippen molar-refractivity contribution in [2.24, 2.45) is 0 Å². The van der Waals surface area contributed by atoms with Gasteiger partial charge in [-0.05, 0) is 6.92 Å². The Morgan fingerprint density at radius 3 is 1.67 bits per heavy atom. The first-order chi connectivity index (χ1) is 7.78. The van der Waals surface area contributed by atoms with Crippen LogP contribution < -0.4 is 34.7 Å². The summed E-state index contributed by atoms with van der Waals surface area (Å²) in [4.78, 5) is 31.3. The molecule has 0 spiro atoms. The molecule has 7 heteroatoms. The van der Waals surface area contributed by atoms with Gasteiger partial charge in [0.2, 0.25) is 11.6 Å². The fourth-order valence-electron chi connectivity index (χ4n) is 1.36. The number of carbonyl (C=O) groups is 3. The van der Waals surface area contributed by atoms with Crippen LogP contribution >= 0.6 is 0 Å². The minimum absolute atomic E-state index is 0. The Morgan fingerprint density at radius 1 is 1.11 bits per heavy atom. The van der Waals surface area contributed by atoms with Crippen molar-refractivity contribution in [1.29, 1.82) is 0 Å². The van der Waals surface area contributed by atoms with Gasteiger partial charge in [-0.25, -0.2) is 0 Å². The number of Topliss-reactive ketones (excluding diaryl/α,β-unsaturated/α-hetero) is 2. The Kier molecular flexibility index (Phi) is 5.85. The summed E-state index contributed by atoms with van der Waals surface area (Å²) >= 11 is 0. The molecular formula is C11H9NaO6. The molecule has 0 amide bonds. The molecular weight excluding hydrogens is 251 g/mol. The Bertz CT molecular complexity index is 453. The Morgan fingerprint density at radius 2 is 1.39 bits per heavy atom. The number of rotatable bonds is 0. The fourth-order valence-corrected chi connectivity index (χ4v) is 1.36. The molecule has 0 bridgehead atoms. The smallest absolute Gasteiger partial charge is 0.550 e. The number of carboxylic acids is 1. The molecule has 0 fully saturated rings. The third-order valence-electron chi connectivity index (χ3n) is 2.05. The van der Waals surface area contributed by atoms with Crippen LogP contribution in [0.2, 0.25) is 0 Å². The molecule has 0 aromatic heterocycles. The number of hydrogen-bond donors (Lipinski definition) is 2. The van der Waals surface area contributed by atoms with Crippen LogP contribution in [0.3, 0.4) is 0 Å². The number of ketones is 2. The van der Waals surface area contributed by atoms with Crippen LogP contribution in [0.25, 0.3) is 0 Å². The number of fused-ring (bicyclic) bond motifs is 1. The van der Waals surface area contributed by atoms with E-state index in [1.807, 2.05) is 0 Å². The van der Waals surface area contributed by atoms with E-state index in [2.05, 4.69) is 0 Å². The van der Waals surface area contributed by atoms with Crippen LogP contribution in [0.4, 0.5) is 0 Å². The standard InChI is InChI=1S/C9H6O4.C2H4O2.Na/c10-7-5-3-1-2-4-6(5)8(11)9(7,12)13;1-2(3)4;/h1-4,12-13H;1H3,(H,3,4);/q;;+1/p-1. The Labute approximate surface area is 125 Å². The van der Waals surface area contributed by atoms with Crippen LogP contribution in [-0.4, -0.2) is 33.5 Å². The SMILES string of the molecule is CC(=O)[O-].O=C1c2ccccc2C(=O)C1(O)O.[Na+]. The average molecular weight is 260 g/mol. The molecule has 0 saturated heterocycles. The molecule has 90 valence electrons.